The van der Waals surface area contributed by atoms with Gasteiger partial charge in [0.05, 0.1) is 11.7 Å². The van der Waals surface area contributed by atoms with Crippen molar-refractivity contribution in [3.63, 3.8) is 0 Å². The maximum atomic E-state index is 9.03. The van der Waals surface area contributed by atoms with Crippen LogP contribution in [0.5, 0.6) is 0 Å². The smallest absolute Gasteiger partial charge is 0.0616 e. The lowest BCUT2D eigenvalue weighted by Gasteiger charge is -2.17. The summed E-state index contributed by atoms with van der Waals surface area (Å²) in [6, 6.07) is 0. The van der Waals surface area contributed by atoms with Crippen molar-refractivity contribution >= 4 is 0 Å². The highest BCUT2D eigenvalue weighted by Crippen LogP contribution is 2.09. The summed E-state index contributed by atoms with van der Waals surface area (Å²) < 4.78 is 0. The van der Waals surface area contributed by atoms with E-state index in [9.17, 15) is 0 Å². The van der Waals surface area contributed by atoms with Gasteiger partial charge in [0, 0.05) is 6.42 Å². The Labute approximate surface area is 55.6 Å². The maximum Gasteiger partial charge on any atom is 0.0616 e. The average molecular weight is 136 g/mol. The Kier molecular flexibility index (Phi) is 4.95. The van der Waals surface area contributed by atoms with Crippen molar-refractivity contribution in [2.24, 2.45) is 0 Å². The maximum absolute atomic E-state index is 9.03. The van der Waals surface area contributed by atoms with Crippen LogP contribution >= 0.6 is 0 Å². The topological polar surface area (TPSA) is 72.0 Å². The normalized spacial score (nSPS) is 14.3. The third kappa shape index (κ3) is 11.4. The first-order valence-corrected chi connectivity index (χ1v) is 2.82. The highest BCUT2D eigenvalue weighted by Gasteiger charge is 2.14. The second-order valence-corrected chi connectivity index (χ2v) is 2.87. The Hall–Kier alpha value is -0.120. The fourth-order valence-electron chi connectivity index (χ4n) is 0.723. The molecule has 4 N–H and O–H groups in total. The molecule has 0 aliphatic carbocycles. The second kappa shape index (κ2) is 3.82. The Balaban J connectivity index is 0. The van der Waals surface area contributed by atoms with Gasteiger partial charge >= 0.3 is 0 Å². The molecule has 0 rings (SSSR count). The summed E-state index contributed by atoms with van der Waals surface area (Å²) >= 11 is 0. The molecule has 3 nitrogen and oxygen atoms in total. The van der Waals surface area contributed by atoms with Crippen LogP contribution in [0.1, 0.15) is 27.2 Å². The van der Waals surface area contributed by atoms with Crippen LogP contribution in [0.15, 0.2) is 0 Å². The largest absolute Gasteiger partial charge is 0.412 e. The predicted molar refractivity (Wildman–Crippen MR) is 36.2 cm³/mol. The van der Waals surface area contributed by atoms with Gasteiger partial charge in [0.25, 0.3) is 0 Å². The number of rotatable bonds is 2. The van der Waals surface area contributed by atoms with E-state index < -0.39 is 11.7 Å². The number of hydrogen-bond acceptors (Lipinski definition) is 2. The van der Waals surface area contributed by atoms with Crippen LogP contribution in [0.25, 0.3) is 0 Å². The first-order chi connectivity index (χ1) is 3.42. The van der Waals surface area contributed by atoms with Gasteiger partial charge in [-0.15, -0.1) is 0 Å². The van der Waals surface area contributed by atoms with Gasteiger partial charge in [0.15, 0.2) is 0 Å². The molecule has 1 unspecified atom stereocenters. The van der Waals surface area contributed by atoms with Crippen molar-refractivity contribution in [2.45, 2.75) is 38.9 Å². The van der Waals surface area contributed by atoms with Crippen LogP contribution in [-0.2, 0) is 0 Å². The summed E-state index contributed by atoms with van der Waals surface area (Å²) in [6.07, 6.45) is 0.0301. The molecule has 0 amide bonds. The van der Waals surface area contributed by atoms with E-state index in [2.05, 4.69) is 0 Å². The lowest BCUT2D eigenvalue weighted by Crippen LogP contribution is -2.24. The summed E-state index contributed by atoms with van der Waals surface area (Å²) in [5.74, 6) is 0. The zero-order valence-corrected chi connectivity index (χ0v) is 6.18. The molecule has 58 valence electrons. The summed E-state index contributed by atoms with van der Waals surface area (Å²) in [6.45, 7) is 5.03. The molecule has 0 heterocycles. The third-order valence-electron chi connectivity index (χ3n) is 0.795. The minimum absolute atomic E-state index is 0. The van der Waals surface area contributed by atoms with E-state index in [0.29, 0.717) is 6.42 Å². The van der Waals surface area contributed by atoms with E-state index in [-0.39, 0.29) is 5.48 Å². The van der Waals surface area contributed by atoms with Crippen LogP contribution in [0, 0.1) is 0 Å². The van der Waals surface area contributed by atoms with Crippen molar-refractivity contribution in [2.75, 3.05) is 0 Å². The van der Waals surface area contributed by atoms with Crippen molar-refractivity contribution in [3.8, 4) is 0 Å². The van der Waals surface area contributed by atoms with Gasteiger partial charge < -0.3 is 15.7 Å². The van der Waals surface area contributed by atoms with E-state index in [1.54, 1.807) is 20.8 Å². The van der Waals surface area contributed by atoms with Gasteiger partial charge in [0.2, 0.25) is 0 Å². The Morgan fingerprint density at radius 2 is 1.78 bits per heavy atom. The van der Waals surface area contributed by atoms with Crippen molar-refractivity contribution in [1.82, 2.24) is 0 Å². The molecule has 9 heavy (non-hydrogen) atoms. The minimum Gasteiger partial charge on any atom is -0.412 e. The Morgan fingerprint density at radius 3 is 1.78 bits per heavy atom. The van der Waals surface area contributed by atoms with Gasteiger partial charge in [-0.05, 0) is 20.8 Å². The molecular formula is C6H16O3. The molecule has 0 bridgehead atoms. The van der Waals surface area contributed by atoms with E-state index in [0.717, 1.165) is 0 Å². The van der Waals surface area contributed by atoms with Gasteiger partial charge in [-0.1, -0.05) is 0 Å². The van der Waals surface area contributed by atoms with Crippen LogP contribution in [0.4, 0.5) is 0 Å². The zero-order valence-electron chi connectivity index (χ0n) is 6.18. The van der Waals surface area contributed by atoms with Crippen LogP contribution < -0.4 is 0 Å². The first kappa shape index (κ1) is 11.6. The van der Waals surface area contributed by atoms with Crippen LogP contribution in [-0.4, -0.2) is 27.4 Å². The van der Waals surface area contributed by atoms with Crippen molar-refractivity contribution in [1.29, 1.82) is 0 Å². The summed E-state index contributed by atoms with van der Waals surface area (Å²) in [5, 5.41) is 17.8. The molecular weight excluding hydrogens is 120 g/mol. The van der Waals surface area contributed by atoms with E-state index in [1.165, 1.54) is 0 Å². The molecule has 0 saturated heterocycles. The number of aliphatic hydroxyl groups is 2. The van der Waals surface area contributed by atoms with Crippen molar-refractivity contribution in [3.05, 3.63) is 0 Å². The summed E-state index contributed by atoms with van der Waals surface area (Å²) in [4.78, 5) is 0. The van der Waals surface area contributed by atoms with Gasteiger partial charge in [0.1, 0.15) is 0 Å². The van der Waals surface area contributed by atoms with Crippen LogP contribution in [0.2, 0.25) is 0 Å². The fraction of sp³-hybridized carbons (Fsp3) is 1.00. The van der Waals surface area contributed by atoms with E-state index >= 15 is 0 Å². The number of aliphatic hydroxyl groups excluding tert-OH is 1. The zero-order chi connectivity index (χ0) is 6.78. The predicted octanol–water partition coefficient (Wildman–Crippen LogP) is -0.297. The molecule has 0 spiro atoms. The fourth-order valence-corrected chi connectivity index (χ4v) is 0.723. The molecule has 3 heteroatoms. The molecule has 0 aliphatic rings. The Bertz CT molecular complexity index is 63.2. The Morgan fingerprint density at radius 1 is 1.44 bits per heavy atom. The van der Waals surface area contributed by atoms with E-state index in [4.69, 9.17) is 10.2 Å². The highest BCUT2D eigenvalue weighted by molar-refractivity contribution is 4.67. The molecule has 0 radical (unpaired) electrons. The minimum atomic E-state index is -0.728. The molecule has 1 atom stereocenters. The molecule has 0 fully saturated rings. The van der Waals surface area contributed by atoms with Crippen molar-refractivity contribution < 1.29 is 15.7 Å². The third-order valence-corrected chi connectivity index (χ3v) is 0.795. The van der Waals surface area contributed by atoms with Gasteiger partial charge in [-0.2, -0.15) is 0 Å². The summed E-state index contributed by atoms with van der Waals surface area (Å²) in [7, 11) is 0. The lowest BCUT2D eigenvalue weighted by atomic mass is 10.0. The summed E-state index contributed by atoms with van der Waals surface area (Å²) in [5.41, 5.74) is -0.728. The quantitative estimate of drug-likeness (QED) is 0.547. The molecule has 0 aromatic heterocycles. The monoisotopic (exact) mass is 136 g/mol. The van der Waals surface area contributed by atoms with E-state index in [1.807, 2.05) is 0 Å². The average Bonchev–Trinajstić information content (AvgIpc) is 1.21. The second-order valence-electron chi connectivity index (χ2n) is 2.87. The van der Waals surface area contributed by atoms with Gasteiger partial charge in [-0.3, -0.25) is 0 Å². The molecule has 0 aliphatic heterocycles. The highest BCUT2D eigenvalue weighted by atomic mass is 16.3. The van der Waals surface area contributed by atoms with Crippen LogP contribution in [0.3, 0.4) is 0 Å². The lowest BCUT2D eigenvalue weighted by molar-refractivity contribution is 0.0249. The van der Waals surface area contributed by atoms with Gasteiger partial charge in [-0.25, -0.2) is 0 Å². The SMILES string of the molecule is CC(O)CC(C)(C)O.O. The molecule has 0 aromatic rings. The number of hydrogen-bond donors (Lipinski definition) is 2. The molecule has 0 aromatic carbocycles. The standard InChI is InChI=1S/C6H14O2.H2O/c1-5(7)4-6(2,3)8;/h5,7-8H,4H2,1-3H3;1H2. The first-order valence-electron chi connectivity index (χ1n) is 2.82. The molecule has 0 saturated carbocycles.